The Morgan fingerprint density at radius 1 is 1.46 bits per heavy atom. The summed E-state index contributed by atoms with van der Waals surface area (Å²) in [4.78, 5) is 0. The summed E-state index contributed by atoms with van der Waals surface area (Å²) in [7, 11) is 0. The van der Waals surface area contributed by atoms with Gasteiger partial charge in [0.05, 0.1) is 0 Å². The number of benzene rings is 1. The molecule has 0 radical (unpaired) electrons. The first kappa shape index (κ1) is 11.2. The molecule has 2 heteroatoms. The van der Waals surface area contributed by atoms with Gasteiger partial charge in [-0.05, 0) is 0 Å². The van der Waals surface area contributed by atoms with Gasteiger partial charge in [0.15, 0.2) is 0 Å². The number of allylic oxidation sites excluding steroid dienone is 2. The summed E-state index contributed by atoms with van der Waals surface area (Å²) < 4.78 is 1.46. The van der Waals surface area contributed by atoms with E-state index in [0.29, 0.717) is 0 Å². The van der Waals surface area contributed by atoms with E-state index in [1.54, 1.807) is 0 Å². The molecule has 13 heavy (non-hydrogen) atoms. The minimum atomic E-state index is 0.879. The summed E-state index contributed by atoms with van der Waals surface area (Å²) in [6, 6.07) is 6.21. The SMILES string of the molecule is C/C=C/CCc1c(Cl)ccc[c]1[Tl]. The van der Waals surface area contributed by atoms with Gasteiger partial charge in [0.2, 0.25) is 0 Å². The standard InChI is InChI=1S/C11H12Cl.Tl/c1-2-3-4-7-10-8-5-6-9-11(10)12;/h2-3,5-6,9H,4,7H2,1H3;/b3-2+;. The van der Waals surface area contributed by atoms with Crippen molar-refractivity contribution in [2.45, 2.75) is 19.8 Å². The number of rotatable bonds is 3. The van der Waals surface area contributed by atoms with E-state index in [4.69, 9.17) is 11.6 Å². The van der Waals surface area contributed by atoms with Gasteiger partial charge in [0.25, 0.3) is 0 Å². The zero-order valence-electron chi connectivity index (χ0n) is 7.76. The van der Waals surface area contributed by atoms with Crippen molar-refractivity contribution < 1.29 is 0 Å². The topological polar surface area (TPSA) is 0 Å². The van der Waals surface area contributed by atoms with Crippen LogP contribution in [0.5, 0.6) is 0 Å². The molecule has 0 aliphatic heterocycles. The Balaban J connectivity index is 2.75. The molecule has 0 heterocycles. The molecule has 0 saturated carbocycles. The fraction of sp³-hybridized carbons (Fsp3) is 0.273. The monoisotopic (exact) mass is 384 g/mol. The van der Waals surface area contributed by atoms with E-state index in [1.165, 1.54) is 8.69 Å². The van der Waals surface area contributed by atoms with Gasteiger partial charge in [-0.2, -0.15) is 0 Å². The average molecular weight is 384 g/mol. The molecule has 0 nitrogen and oxygen atoms in total. The third kappa shape index (κ3) is 3.43. The summed E-state index contributed by atoms with van der Waals surface area (Å²) in [5, 5.41) is 0.935. The van der Waals surface area contributed by atoms with Crippen molar-refractivity contribution in [2.24, 2.45) is 0 Å². The van der Waals surface area contributed by atoms with Crippen molar-refractivity contribution in [1.29, 1.82) is 0 Å². The molecule has 0 saturated heterocycles. The van der Waals surface area contributed by atoms with Crippen LogP contribution in [0.2, 0.25) is 5.02 Å². The van der Waals surface area contributed by atoms with Crippen molar-refractivity contribution in [3.8, 4) is 0 Å². The molecule has 0 unspecified atom stereocenters. The van der Waals surface area contributed by atoms with E-state index in [-0.39, 0.29) is 0 Å². The molecule has 0 bridgehead atoms. The van der Waals surface area contributed by atoms with Crippen LogP contribution in [0, 0.1) is 0 Å². The molecule has 0 fully saturated rings. The first-order chi connectivity index (χ1) is 6.25. The van der Waals surface area contributed by atoms with Crippen LogP contribution < -0.4 is 3.12 Å². The Labute approximate surface area is 101 Å². The predicted molar refractivity (Wildman–Crippen MR) is 60.0 cm³/mol. The van der Waals surface area contributed by atoms with Crippen molar-refractivity contribution >= 4 is 40.5 Å². The molecule has 1 aromatic carbocycles. The first-order valence-electron chi connectivity index (χ1n) is 4.39. The molecule has 1 aromatic rings. The van der Waals surface area contributed by atoms with Gasteiger partial charge >= 0.3 is 101 Å². The Morgan fingerprint density at radius 2 is 2.23 bits per heavy atom. The Bertz CT molecular complexity index is 285. The van der Waals surface area contributed by atoms with Crippen LogP contribution in [-0.2, 0) is 6.42 Å². The van der Waals surface area contributed by atoms with Crippen molar-refractivity contribution in [3.63, 3.8) is 0 Å². The van der Waals surface area contributed by atoms with Gasteiger partial charge in [-0.1, -0.05) is 0 Å². The molecule has 0 aromatic heterocycles. The molecule has 1 rings (SSSR count). The van der Waals surface area contributed by atoms with Crippen LogP contribution in [0.3, 0.4) is 0 Å². The van der Waals surface area contributed by atoms with E-state index in [0.717, 1.165) is 43.6 Å². The third-order valence-electron chi connectivity index (χ3n) is 1.95. The van der Waals surface area contributed by atoms with Crippen LogP contribution >= 0.6 is 11.6 Å². The Kier molecular flexibility index (Phi) is 5.03. The molecular formula is C11H12ClTl. The number of hydrogen-bond donors (Lipinski definition) is 0. The van der Waals surface area contributed by atoms with Crippen LogP contribution in [0.25, 0.3) is 0 Å². The molecule has 0 N–H and O–H groups in total. The summed E-state index contributed by atoms with van der Waals surface area (Å²) in [6.07, 6.45) is 6.45. The van der Waals surface area contributed by atoms with Gasteiger partial charge in [0, 0.05) is 0 Å². The Hall–Kier alpha value is 0.172. The van der Waals surface area contributed by atoms with Crippen LogP contribution in [0.15, 0.2) is 30.4 Å². The summed E-state index contributed by atoms with van der Waals surface area (Å²) in [5.74, 6) is 0. The third-order valence-corrected chi connectivity index (χ3v) is 4.41. The van der Waals surface area contributed by atoms with Gasteiger partial charge in [-0.3, -0.25) is 0 Å². The normalized spacial score (nSPS) is 10.8. The Morgan fingerprint density at radius 3 is 2.85 bits per heavy atom. The quantitative estimate of drug-likeness (QED) is 0.556. The summed E-state index contributed by atoms with van der Waals surface area (Å²) in [6.45, 7) is 2.05. The molecule has 0 aliphatic rings. The van der Waals surface area contributed by atoms with Gasteiger partial charge in [0.1, 0.15) is 0 Å². The second kappa shape index (κ2) is 5.81. The second-order valence-electron chi connectivity index (χ2n) is 2.92. The zero-order valence-corrected chi connectivity index (χ0v) is 13.0. The van der Waals surface area contributed by atoms with E-state index >= 15 is 0 Å². The fourth-order valence-corrected chi connectivity index (χ4v) is 3.46. The van der Waals surface area contributed by atoms with Crippen molar-refractivity contribution in [1.82, 2.24) is 0 Å². The van der Waals surface area contributed by atoms with Crippen LogP contribution in [0.4, 0.5) is 0 Å². The van der Waals surface area contributed by atoms with Gasteiger partial charge in [-0.15, -0.1) is 0 Å². The van der Waals surface area contributed by atoms with Gasteiger partial charge < -0.3 is 0 Å². The molecular weight excluding hydrogens is 372 g/mol. The fourth-order valence-electron chi connectivity index (χ4n) is 1.23. The molecule has 0 atom stereocenters. The van der Waals surface area contributed by atoms with Crippen molar-refractivity contribution in [2.75, 3.05) is 0 Å². The van der Waals surface area contributed by atoms with Crippen molar-refractivity contribution in [3.05, 3.63) is 40.9 Å². The predicted octanol–water partition coefficient (Wildman–Crippen LogP) is 2.64. The molecule has 66 valence electrons. The maximum absolute atomic E-state index is 6.11. The average Bonchev–Trinajstić information content (AvgIpc) is 2.10. The molecule has 0 amide bonds. The molecule has 0 spiro atoms. The summed E-state index contributed by atoms with van der Waals surface area (Å²) >= 11 is 6.99. The van der Waals surface area contributed by atoms with E-state index in [1.807, 2.05) is 12.1 Å². The first-order valence-corrected chi connectivity index (χ1v) is 7.02. The van der Waals surface area contributed by atoms with Crippen LogP contribution in [-0.4, -0.2) is 25.8 Å². The van der Waals surface area contributed by atoms with Crippen LogP contribution in [0.1, 0.15) is 18.9 Å². The molecule has 0 aliphatic carbocycles. The van der Waals surface area contributed by atoms with E-state index in [9.17, 15) is 0 Å². The maximum atomic E-state index is 6.11. The zero-order chi connectivity index (χ0) is 9.68. The minimum absolute atomic E-state index is 0.879. The number of hydrogen-bond acceptors (Lipinski definition) is 0. The van der Waals surface area contributed by atoms with Gasteiger partial charge in [-0.25, -0.2) is 0 Å². The van der Waals surface area contributed by atoms with E-state index < -0.39 is 0 Å². The van der Waals surface area contributed by atoms with E-state index in [2.05, 4.69) is 25.1 Å². The number of halogens is 1. The summed E-state index contributed by atoms with van der Waals surface area (Å²) in [5.41, 5.74) is 1.35. The second-order valence-corrected chi connectivity index (χ2v) is 5.74.